The maximum absolute atomic E-state index is 12.2. The average Bonchev–Trinajstić information content (AvgIpc) is 2.12. The van der Waals surface area contributed by atoms with Gasteiger partial charge in [-0.25, -0.2) is 4.39 Å². The number of aromatic hydroxyl groups is 1. The highest BCUT2D eigenvalue weighted by molar-refractivity contribution is 14.1. The summed E-state index contributed by atoms with van der Waals surface area (Å²) in [6.07, 6.45) is 0. The molecule has 1 rings (SSSR count). The van der Waals surface area contributed by atoms with Crippen LogP contribution in [-0.4, -0.2) is 11.8 Å². The van der Waals surface area contributed by atoms with Crippen LogP contribution < -0.4 is 5.73 Å². The molecule has 13 heavy (non-hydrogen) atoms. The van der Waals surface area contributed by atoms with Gasteiger partial charge in [0.25, 0.3) is 0 Å². The van der Waals surface area contributed by atoms with Gasteiger partial charge in [-0.15, -0.1) is 0 Å². The van der Waals surface area contributed by atoms with E-state index in [1.165, 1.54) is 0 Å². The van der Waals surface area contributed by atoms with E-state index >= 15 is 0 Å². The van der Waals surface area contributed by atoms with E-state index in [1.54, 1.807) is 12.1 Å². The molecular formula is C8H8FI2NO. The standard InChI is InChI=1S/C8H8FI2NO/c9-3-7(12)4-1-5(10)8(13)6(11)2-4/h1-2,7,13H,3,12H2/t7-/m0/s1. The van der Waals surface area contributed by atoms with E-state index in [4.69, 9.17) is 5.73 Å². The lowest BCUT2D eigenvalue weighted by Gasteiger charge is -2.09. The Morgan fingerprint density at radius 1 is 1.38 bits per heavy atom. The van der Waals surface area contributed by atoms with Crippen molar-refractivity contribution in [1.82, 2.24) is 0 Å². The number of halogens is 3. The fraction of sp³-hybridized carbons (Fsp3) is 0.250. The third kappa shape index (κ3) is 2.66. The van der Waals surface area contributed by atoms with Crippen molar-refractivity contribution in [3.63, 3.8) is 0 Å². The first kappa shape index (κ1) is 11.4. The van der Waals surface area contributed by atoms with Gasteiger partial charge in [-0.1, -0.05) is 0 Å². The summed E-state index contributed by atoms with van der Waals surface area (Å²) in [5, 5.41) is 9.44. The summed E-state index contributed by atoms with van der Waals surface area (Å²) in [4.78, 5) is 0. The molecule has 0 spiro atoms. The van der Waals surface area contributed by atoms with E-state index in [2.05, 4.69) is 0 Å². The van der Waals surface area contributed by atoms with Crippen molar-refractivity contribution >= 4 is 45.2 Å². The van der Waals surface area contributed by atoms with Crippen molar-refractivity contribution in [2.24, 2.45) is 5.73 Å². The monoisotopic (exact) mass is 407 g/mol. The molecule has 0 heterocycles. The first-order valence-electron chi connectivity index (χ1n) is 3.55. The lowest BCUT2D eigenvalue weighted by Crippen LogP contribution is -2.12. The first-order valence-corrected chi connectivity index (χ1v) is 5.71. The van der Waals surface area contributed by atoms with Gasteiger partial charge in [-0.3, -0.25) is 0 Å². The van der Waals surface area contributed by atoms with Crippen molar-refractivity contribution in [3.8, 4) is 5.75 Å². The molecule has 0 saturated heterocycles. The average molecular weight is 407 g/mol. The Morgan fingerprint density at radius 3 is 2.23 bits per heavy atom. The van der Waals surface area contributed by atoms with Gasteiger partial charge in [0.2, 0.25) is 0 Å². The number of phenolic OH excluding ortho intramolecular Hbond substituents is 1. The van der Waals surface area contributed by atoms with Gasteiger partial charge in [0.05, 0.1) is 13.2 Å². The van der Waals surface area contributed by atoms with Crippen molar-refractivity contribution in [3.05, 3.63) is 24.8 Å². The Balaban J connectivity index is 3.13. The van der Waals surface area contributed by atoms with Crippen molar-refractivity contribution in [2.75, 3.05) is 6.67 Å². The minimum absolute atomic E-state index is 0.232. The molecule has 72 valence electrons. The molecule has 0 aliphatic rings. The van der Waals surface area contributed by atoms with Gasteiger partial charge in [0, 0.05) is 0 Å². The van der Waals surface area contributed by atoms with E-state index < -0.39 is 12.7 Å². The molecular weight excluding hydrogens is 399 g/mol. The van der Waals surface area contributed by atoms with Gasteiger partial charge in [0.15, 0.2) is 0 Å². The van der Waals surface area contributed by atoms with Crippen molar-refractivity contribution < 1.29 is 9.50 Å². The highest BCUT2D eigenvalue weighted by Gasteiger charge is 2.10. The zero-order chi connectivity index (χ0) is 10.0. The zero-order valence-corrected chi connectivity index (χ0v) is 10.9. The van der Waals surface area contributed by atoms with Crippen molar-refractivity contribution in [2.45, 2.75) is 6.04 Å². The zero-order valence-electron chi connectivity index (χ0n) is 6.60. The number of hydrogen-bond donors (Lipinski definition) is 2. The van der Waals surface area contributed by atoms with Gasteiger partial charge in [0.1, 0.15) is 12.4 Å². The number of nitrogens with two attached hydrogens (primary N) is 1. The predicted molar refractivity (Wildman–Crippen MR) is 66.4 cm³/mol. The number of benzene rings is 1. The largest absolute Gasteiger partial charge is 0.506 e. The number of hydrogen-bond acceptors (Lipinski definition) is 2. The van der Waals surface area contributed by atoms with Crippen LogP contribution in [0.25, 0.3) is 0 Å². The summed E-state index contributed by atoms with van der Waals surface area (Å²) >= 11 is 3.98. The van der Waals surface area contributed by atoms with Crippen molar-refractivity contribution in [1.29, 1.82) is 0 Å². The van der Waals surface area contributed by atoms with Gasteiger partial charge in [-0.2, -0.15) is 0 Å². The summed E-state index contributed by atoms with van der Waals surface area (Å²) < 4.78 is 13.6. The predicted octanol–water partition coefficient (Wildman–Crippen LogP) is 2.57. The van der Waals surface area contributed by atoms with Crippen LogP contribution in [0, 0.1) is 7.14 Å². The molecule has 0 fully saturated rings. The number of alkyl halides is 1. The van der Waals surface area contributed by atoms with Crippen LogP contribution in [0.2, 0.25) is 0 Å². The van der Waals surface area contributed by atoms with Crippen LogP contribution in [0.15, 0.2) is 12.1 Å². The Morgan fingerprint density at radius 2 is 1.85 bits per heavy atom. The molecule has 0 aromatic heterocycles. The highest BCUT2D eigenvalue weighted by Crippen LogP contribution is 2.29. The quantitative estimate of drug-likeness (QED) is 0.741. The van der Waals surface area contributed by atoms with Crippen LogP contribution in [0.3, 0.4) is 0 Å². The molecule has 0 saturated carbocycles. The van der Waals surface area contributed by atoms with Crippen LogP contribution in [0.1, 0.15) is 11.6 Å². The third-order valence-electron chi connectivity index (χ3n) is 1.63. The first-order chi connectivity index (χ1) is 6.06. The molecule has 0 unspecified atom stereocenters. The summed E-state index contributed by atoms with van der Waals surface area (Å²) in [6, 6.07) is 2.80. The summed E-state index contributed by atoms with van der Waals surface area (Å²) in [6.45, 7) is -0.586. The maximum Gasteiger partial charge on any atom is 0.142 e. The van der Waals surface area contributed by atoms with E-state index in [1.807, 2.05) is 45.2 Å². The second-order valence-corrected chi connectivity index (χ2v) is 4.92. The van der Waals surface area contributed by atoms with Gasteiger partial charge < -0.3 is 10.8 Å². The molecule has 0 aliphatic carbocycles. The second-order valence-electron chi connectivity index (χ2n) is 2.59. The fourth-order valence-corrected chi connectivity index (χ4v) is 2.70. The SMILES string of the molecule is N[C@@H](CF)c1cc(I)c(O)c(I)c1. The minimum Gasteiger partial charge on any atom is -0.506 e. The third-order valence-corrected chi connectivity index (χ3v) is 3.28. The normalized spacial score (nSPS) is 12.9. The Labute approximate surface area is 103 Å². The number of phenols is 1. The van der Waals surface area contributed by atoms with Crippen LogP contribution in [0.4, 0.5) is 4.39 Å². The van der Waals surface area contributed by atoms with E-state index in [0.29, 0.717) is 12.7 Å². The minimum atomic E-state index is -0.595. The molecule has 3 N–H and O–H groups in total. The highest BCUT2D eigenvalue weighted by atomic mass is 127. The topological polar surface area (TPSA) is 46.2 Å². The van der Waals surface area contributed by atoms with Crippen LogP contribution in [0.5, 0.6) is 5.75 Å². The van der Waals surface area contributed by atoms with Crippen LogP contribution in [-0.2, 0) is 0 Å². The molecule has 1 aromatic rings. The molecule has 0 radical (unpaired) electrons. The van der Waals surface area contributed by atoms with Crippen LogP contribution >= 0.6 is 45.2 Å². The lowest BCUT2D eigenvalue weighted by molar-refractivity contribution is 0.435. The maximum atomic E-state index is 12.2. The Hall–Kier alpha value is 0.370. The Kier molecular flexibility index (Phi) is 4.17. The molecule has 1 aromatic carbocycles. The second kappa shape index (κ2) is 4.74. The van der Waals surface area contributed by atoms with E-state index in [9.17, 15) is 9.50 Å². The van der Waals surface area contributed by atoms with E-state index in [0.717, 1.165) is 0 Å². The summed E-state index contributed by atoms with van der Waals surface area (Å²) in [5.74, 6) is 0.232. The molecule has 2 nitrogen and oxygen atoms in total. The van der Waals surface area contributed by atoms with Gasteiger partial charge in [-0.05, 0) is 62.9 Å². The Bertz CT molecular complexity index is 296. The number of rotatable bonds is 2. The lowest BCUT2D eigenvalue weighted by atomic mass is 10.1. The molecule has 0 aliphatic heterocycles. The van der Waals surface area contributed by atoms with Gasteiger partial charge >= 0.3 is 0 Å². The molecule has 0 amide bonds. The molecule has 1 atom stereocenters. The van der Waals surface area contributed by atoms with E-state index in [-0.39, 0.29) is 5.75 Å². The summed E-state index contributed by atoms with van der Waals surface area (Å²) in [5.41, 5.74) is 6.24. The smallest absolute Gasteiger partial charge is 0.142 e. The fourth-order valence-electron chi connectivity index (χ4n) is 0.888. The summed E-state index contributed by atoms with van der Waals surface area (Å²) in [7, 11) is 0. The molecule has 5 heteroatoms. The molecule has 0 bridgehead atoms.